The van der Waals surface area contributed by atoms with Gasteiger partial charge in [0.2, 0.25) is 0 Å². The minimum Gasteiger partial charge on any atom is -0.489 e. The molecule has 0 unspecified atom stereocenters. The highest BCUT2D eigenvalue weighted by Crippen LogP contribution is 2.25. The molecule has 4 rings (SSSR count). The monoisotopic (exact) mass is 382 g/mol. The van der Waals surface area contributed by atoms with Gasteiger partial charge in [-0.05, 0) is 41.8 Å². The number of rotatable bonds is 6. The zero-order chi connectivity index (χ0) is 20.1. The summed E-state index contributed by atoms with van der Waals surface area (Å²) >= 11 is 0. The summed E-state index contributed by atoms with van der Waals surface area (Å²) in [5.41, 5.74) is 4.13. The van der Waals surface area contributed by atoms with Gasteiger partial charge in [0.1, 0.15) is 17.9 Å². The molecule has 0 N–H and O–H groups in total. The molecule has 29 heavy (non-hydrogen) atoms. The molecule has 1 heterocycles. The third kappa shape index (κ3) is 4.46. The zero-order valence-corrected chi connectivity index (χ0v) is 16.3. The molecule has 0 saturated heterocycles. The van der Waals surface area contributed by atoms with Crippen LogP contribution in [0.5, 0.6) is 5.75 Å². The fraction of sp³-hybridized carbons (Fsp3) is 0.115. The van der Waals surface area contributed by atoms with Crippen LogP contribution in [0.25, 0.3) is 17.0 Å². The molecule has 3 nitrogen and oxygen atoms in total. The van der Waals surface area contributed by atoms with Crippen LogP contribution in [0.4, 0.5) is 0 Å². The summed E-state index contributed by atoms with van der Waals surface area (Å²) in [6.45, 7) is 2.41. The van der Waals surface area contributed by atoms with E-state index in [9.17, 15) is 4.79 Å². The lowest BCUT2D eigenvalue weighted by atomic mass is 10.00. The second-order valence-electron chi connectivity index (χ2n) is 6.94. The van der Waals surface area contributed by atoms with Gasteiger partial charge >= 0.3 is 5.63 Å². The fourth-order valence-corrected chi connectivity index (χ4v) is 3.36. The Balaban J connectivity index is 1.53. The molecular formula is C26H22O3. The molecule has 0 fully saturated rings. The van der Waals surface area contributed by atoms with E-state index in [0.29, 0.717) is 29.9 Å². The van der Waals surface area contributed by atoms with Crippen LogP contribution in [-0.2, 0) is 6.42 Å². The smallest absolute Gasteiger partial charge is 0.340 e. The van der Waals surface area contributed by atoms with E-state index < -0.39 is 0 Å². The lowest BCUT2D eigenvalue weighted by Crippen LogP contribution is -2.11. The standard InChI is InChI=1S/C26H22O3/c1-19-23-15-14-22(28-16-8-13-20-9-4-2-5-10-20)18-25(23)29-26(27)24(19)17-21-11-6-3-7-12-21/h2-15,18H,16-17H2,1H3. The summed E-state index contributed by atoms with van der Waals surface area (Å²) in [6.07, 6.45) is 4.54. The predicted molar refractivity (Wildman–Crippen MR) is 117 cm³/mol. The lowest BCUT2D eigenvalue weighted by Gasteiger charge is -2.09. The van der Waals surface area contributed by atoms with Crippen molar-refractivity contribution in [2.45, 2.75) is 13.3 Å². The average Bonchev–Trinajstić information content (AvgIpc) is 2.75. The van der Waals surface area contributed by atoms with Crippen LogP contribution >= 0.6 is 0 Å². The quantitative estimate of drug-likeness (QED) is 0.397. The molecule has 0 radical (unpaired) electrons. The van der Waals surface area contributed by atoms with Gasteiger partial charge < -0.3 is 9.15 Å². The third-order valence-corrected chi connectivity index (χ3v) is 4.94. The first kappa shape index (κ1) is 18.8. The molecule has 0 aliphatic rings. The number of ether oxygens (including phenoxy) is 1. The third-order valence-electron chi connectivity index (χ3n) is 4.94. The van der Waals surface area contributed by atoms with Gasteiger partial charge in [-0.2, -0.15) is 0 Å². The summed E-state index contributed by atoms with van der Waals surface area (Å²) in [5.74, 6) is 0.675. The van der Waals surface area contributed by atoms with E-state index in [1.807, 2.05) is 91.9 Å². The SMILES string of the molecule is Cc1c(Cc2ccccc2)c(=O)oc2cc(OCC=Cc3ccccc3)ccc12. The van der Waals surface area contributed by atoms with E-state index in [2.05, 4.69) is 0 Å². The van der Waals surface area contributed by atoms with Gasteiger partial charge in [0.25, 0.3) is 0 Å². The van der Waals surface area contributed by atoms with Gasteiger partial charge in [-0.1, -0.05) is 66.7 Å². The van der Waals surface area contributed by atoms with Crippen LogP contribution in [-0.4, -0.2) is 6.61 Å². The Morgan fingerprint density at radius 3 is 2.41 bits per heavy atom. The summed E-state index contributed by atoms with van der Waals surface area (Å²) < 4.78 is 11.4. The molecule has 0 amide bonds. The maximum absolute atomic E-state index is 12.6. The molecule has 1 aromatic heterocycles. The average molecular weight is 382 g/mol. The molecule has 4 aromatic rings. The largest absolute Gasteiger partial charge is 0.489 e. The molecule has 0 bridgehead atoms. The number of hydrogen-bond donors (Lipinski definition) is 0. The van der Waals surface area contributed by atoms with Crippen molar-refractivity contribution in [3.05, 3.63) is 118 Å². The molecule has 144 valence electrons. The van der Waals surface area contributed by atoms with Crippen molar-refractivity contribution in [1.29, 1.82) is 0 Å². The van der Waals surface area contributed by atoms with Crippen LogP contribution < -0.4 is 10.4 Å². The molecular weight excluding hydrogens is 360 g/mol. The first-order chi connectivity index (χ1) is 14.2. The first-order valence-corrected chi connectivity index (χ1v) is 9.65. The van der Waals surface area contributed by atoms with E-state index in [1.165, 1.54) is 0 Å². The zero-order valence-electron chi connectivity index (χ0n) is 16.3. The van der Waals surface area contributed by atoms with Gasteiger partial charge in [0.15, 0.2) is 0 Å². The van der Waals surface area contributed by atoms with Gasteiger partial charge in [-0.25, -0.2) is 4.79 Å². The van der Waals surface area contributed by atoms with Crippen LogP contribution in [0.3, 0.4) is 0 Å². The van der Waals surface area contributed by atoms with E-state index >= 15 is 0 Å². The maximum Gasteiger partial charge on any atom is 0.340 e. The van der Waals surface area contributed by atoms with E-state index in [0.717, 1.165) is 22.1 Å². The summed E-state index contributed by atoms with van der Waals surface area (Å²) in [6, 6.07) is 25.7. The van der Waals surface area contributed by atoms with Crippen LogP contribution in [0, 0.1) is 6.92 Å². The lowest BCUT2D eigenvalue weighted by molar-refractivity contribution is 0.363. The van der Waals surface area contributed by atoms with Gasteiger partial charge in [0.05, 0.1) is 0 Å². The second kappa shape index (κ2) is 8.61. The second-order valence-corrected chi connectivity index (χ2v) is 6.94. The fourth-order valence-electron chi connectivity index (χ4n) is 3.36. The molecule has 0 aliphatic heterocycles. The van der Waals surface area contributed by atoms with Crippen molar-refractivity contribution < 1.29 is 9.15 Å². The molecule has 0 atom stereocenters. The highest BCUT2D eigenvalue weighted by Gasteiger charge is 2.12. The van der Waals surface area contributed by atoms with Crippen molar-refractivity contribution in [2.24, 2.45) is 0 Å². The van der Waals surface area contributed by atoms with Crippen LogP contribution in [0.1, 0.15) is 22.3 Å². The van der Waals surface area contributed by atoms with E-state index in [1.54, 1.807) is 6.07 Å². The van der Waals surface area contributed by atoms with Crippen molar-refractivity contribution in [2.75, 3.05) is 6.61 Å². The molecule has 0 spiro atoms. The van der Waals surface area contributed by atoms with Crippen LogP contribution in [0.2, 0.25) is 0 Å². The van der Waals surface area contributed by atoms with Crippen molar-refractivity contribution in [3.63, 3.8) is 0 Å². The Hall–Kier alpha value is -3.59. The topological polar surface area (TPSA) is 39.4 Å². The molecule has 3 heteroatoms. The van der Waals surface area contributed by atoms with Gasteiger partial charge in [-0.15, -0.1) is 0 Å². The summed E-state index contributed by atoms with van der Waals surface area (Å²) in [4.78, 5) is 12.6. The van der Waals surface area contributed by atoms with Gasteiger partial charge in [0, 0.05) is 23.4 Å². The Morgan fingerprint density at radius 2 is 1.66 bits per heavy atom. The first-order valence-electron chi connectivity index (χ1n) is 9.65. The Labute approximate surface area is 169 Å². The Kier molecular flexibility index (Phi) is 5.57. The molecule has 0 saturated carbocycles. The van der Waals surface area contributed by atoms with E-state index in [-0.39, 0.29) is 5.63 Å². The highest BCUT2D eigenvalue weighted by molar-refractivity contribution is 5.82. The Morgan fingerprint density at radius 1 is 0.931 bits per heavy atom. The van der Waals surface area contributed by atoms with Crippen molar-refractivity contribution in [3.8, 4) is 5.75 Å². The Bertz CT molecular complexity index is 1190. The number of aryl methyl sites for hydroxylation is 1. The van der Waals surface area contributed by atoms with Crippen molar-refractivity contribution >= 4 is 17.0 Å². The van der Waals surface area contributed by atoms with Gasteiger partial charge in [-0.3, -0.25) is 0 Å². The van der Waals surface area contributed by atoms with E-state index in [4.69, 9.17) is 9.15 Å². The highest BCUT2D eigenvalue weighted by atomic mass is 16.5. The molecule has 0 aliphatic carbocycles. The van der Waals surface area contributed by atoms with Crippen molar-refractivity contribution in [1.82, 2.24) is 0 Å². The number of fused-ring (bicyclic) bond motifs is 1. The summed E-state index contributed by atoms with van der Waals surface area (Å²) in [7, 11) is 0. The number of hydrogen-bond acceptors (Lipinski definition) is 3. The minimum absolute atomic E-state index is 0.292. The normalized spacial score (nSPS) is 11.2. The number of benzene rings is 3. The minimum atomic E-state index is -0.292. The summed E-state index contributed by atoms with van der Waals surface area (Å²) in [5, 5.41) is 0.933. The molecule has 3 aromatic carbocycles. The maximum atomic E-state index is 12.6. The van der Waals surface area contributed by atoms with Crippen LogP contribution in [0.15, 0.2) is 94.2 Å². The predicted octanol–water partition coefficient (Wildman–Crippen LogP) is 5.78.